The van der Waals surface area contributed by atoms with E-state index in [1.165, 1.54) is 14.2 Å². The van der Waals surface area contributed by atoms with Gasteiger partial charge in [-0.1, -0.05) is 6.07 Å². The lowest BCUT2D eigenvalue weighted by Crippen LogP contribution is -2.56. The number of nitrogens with one attached hydrogen (secondary N) is 2. The van der Waals surface area contributed by atoms with Gasteiger partial charge in [0.1, 0.15) is 18.0 Å². The Kier molecular flexibility index (Phi) is 6.89. The molecule has 1 fully saturated rings. The Labute approximate surface area is 154 Å². The molecule has 0 bridgehead atoms. The van der Waals surface area contributed by atoms with E-state index in [0.717, 1.165) is 5.56 Å². The molecular weight excluding hydrogens is 367 g/mol. The van der Waals surface area contributed by atoms with Crippen LogP contribution in [0.3, 0.4) is 0 Å². The lowest BCUT2D eigenvalue weighted by Gasteiger charge is -2.35. The number of carbonyl (C=O) groups is 2. The fourth-order valence-electron chi connectivity index (χ4n) is 2.82. The molecule has 1 aliphatic heterocycles. The number of rotatable bonds is 7. The lowest BCUT2D eigenvalue weighted by atomic mass is 10.1. The monoisotopic (exact) mass is 389 g/mol. The topological polar surface area (TPSA) is 79.9 Å². The van der Waals surface area contributed by atoms with Crippen LogP contribution in [0.2, 0.25) is 0 Å². The largest absolute Gasteiger partial charge is 0.497 e. The summed E-state index contributed by atoms with van der Waals surface area (Å²) in [6.07, 6.45) is -4.86. The van der Waals surface area contributed by atoms with Crippen LogP contribution in [0.25, 0.3) is 0 Å². The van der Waals surface area contributed by atoms with E-state index in [1.807, 2.05) is 0 Å². The first kappa shape index (κ1) is 20.8. The van der Waals surface area contributed by atoms with Gasteiger partial charge in [0.25, 0.3) is 0 Å². The van der Waals surface area contributed by atoms with Crippen molar-refractivity contribution in [1.82, 2.24) is 15.5 Å². The number of methoxy groups -OCH3 is 2. The number of benzene rings is 1. The highest BCUT2D eigenvalue weighted by Gasteiger charge is 2.33. The first-order chi connectivity index (χ1) is 12.7. The molecule has 0 aromatic heterocycles. The van der Waals surface area contributed by atoms with E-state index in [4.69, 9.17) is 9.47 Å². The van der Waals surface area contributed by atoms with Gasteiger partial charge < -0.3 is 20.1 Å². The number of halogens is 3. The van der Waals surface area contributed by atoms with Crippen molar-refractivity contribution in [3.8, 4) is 11.5 Å². The molecule has 0 spiro atoms. The summed E-state index contributed by atoms with van der Waals surface area (Å²) in [5.74, 6) is -0.0624. The maximum atomic E-state index is 12.3. The normalized spacial score (nSPS) is 18.0. The van der Waals surface area contributed by atoms with Gasteiger partial charge >= 0.3 is 6.18 Å². The molecule has 0 aliphatic carbocycles. The Bertz CT molecular complexity index is 682. The Morgan fingerprint density at radius 1 is 1.33 bits per heavy atom. The number of hydrogen-bond acceptors (Lipinski definition) is 5. The number of ether oxygens (including phenoxy) is 2. The fourth-order valence-corrected chi connectivity index (χ4v) is 2.82. The third-order valence-corrected chi connectivity index (χ3v) is 4.17. The number of hydrogen-bond donors (Lipinski definition) is 2. The van der Waals surface area contributed by atoms with E-state index in [0.29, 0.717) is 31.1 Å². The number of amides is 2. The number of alkyl halides is 3. The van der Waals surface area contributed by atoms with E-state index in [9.17, 15) is 22.8 Å². The Morgan fingerprint density at radius 3 is 2.70 bits per heavy atom. The zero-order valence-corrected chi connectivity index (χ0v) is 15.1. The quantitative estimate of drug-likeness (QED) is 0.730. The molecule has 1 saturated heterocycles. The molecule has 1 heterocycles. The van der Waals surface area contributed by atoms with Crippen LogP contribution in [0.5, 0.6) is 11.5 Å². The predicted octanol–water partition coefficient (Wildman–Crippen LogP) is 1.07. The van der Waals surface area contributed by atoms with Gasteiger partial charge in [0.15, 0.2) is 0 Å². The average Bonchev–Trinajstić information content (AvgIpc) is 2.62. The van der Waals surface area contributed by atoms with Gasteiger partial charge in [-0.25, -0.2) is 0 Å². The lowest BCUT2D eigenvalue weighted by molar-refractivity contribution is -0.141. The molecule has 0 saturated carbocycles. The van der Waals surface area contributed by atoms with Crippen molar-refractivity contribution < 1.29 is 32.2 Å². The van der Waals surface area contributed by atoms with Crippen molar-refractivity contribution in [2.24, 2.45) is 0 Å². The third-order valence-electron chi connectivity index (χ3n) is 4.17. The van der Waals surface area contributed by atoms with Gasteiger partial charge in [-0.05, 0) is 6.07 Å². The molecule has 2 N–H and O–H groups in total. The summed E-state index contributed by atoms with van der Waals surface area (Å²) >= 11 is 0. The molecule has 2 rings (SSSR count). The van der Waals surface area contributed by atoms with Crippen LogP contribution in [0.1, 0.15) is 12.0 Å². The van der Waals surface area contributed by atoms with E-state index in [1.54, 1.807) is 28.4 Å². The molecule has 1 unspecified atom stereocenters. The highest BCUT2D eigenvalue weighted by molar-refractivity contribution is 5.88. The highest BCUT2D eigenvalue weighted by atomic mass is 19.4. The van der Waals surface area contributed by atoms with Crippen LogP contribution < -0.4 is 20.1 Å². The van der Waals surface area contributed by atoms with Crippen LogP contribution in [-0.4, -0.2) is 62.8 Å². The maximum absolute atomic E-state index is 12.3. The zero-order valence-electron chi connectivity index (χ0n) is 15.1. The van der Waals surface area contributed by atoms with Crippen molar-refractivity contribution in [3.63, 3.8) is 0 Å². The minimum atomic E-state index is -4.50. The maximum Gasteiger partial charge on any atom is 0.405 e. The number of carbonyl (C=O) groups excluding carboxylic acids is 2. The molecule has 0 radical (unpaired) electrons. The van der Waals surface area contributed by atoms with Crippen molar-refractivity contribution in [1.29, 1.82) is 0 Å². The molecule has 27 heavy (non-hydrogen) atoms. The Hall–Kier alpha value is -2.49. The molecular formula is C17H22F3N3O4. The van der Waals surface area contributed by atoms with Gasteiger partial charge in [0.05, 0.1) is 26.7 Å². The van der Waals surface area contributed by atoms with E-state index in [-0.39, 0.29) is 6.42 Å². The fraction of sp³-hybridized carbons (Fsp3) is 0.529. The Balaban J connectivity index is 2.09. The smallest absolute Gasteiger partial charge is 0.405 e. The summed E-state index contributed by atoms with van der Waals surface area (Å²) in [4.78, 5) is 25.8. The van der Waals surface area contributed by atoms with Crippen molar-refractivity contribution in [2.75, 3.05) is 33.9 Å². The second-order valence-corrected chi connectivity index (χ2v) is 6.05. The standard InChI is InChI=1S/C17H22F3N3O4/c1-26-12-4-3-11(14(7-12)27-2)9-23-6-5-21-16(25)13(23)8-15(24)22-10-17(18,19)20/h3-4,7,13H,5-6,8-10H2,1-2H3,(H,21,25)(H,22,24). The van der Waals surface area contributed by atoms with Crippen molar-refractivity contribution in [3.05, 3.63) is 23.8 Å². The van der Waals surface area contributed by atoms with E-state index < -0.39 is 30.6 Å². The third kappa shape index (κ3) is 6.02. The van der Waals surface area contributed by atoms with Gasteiger partial charge in [-0.2, -0.15) is 13.2 Å². The minimum Gasteiger partial charge on any atom is -0.497 e. The summed E-state index contributed by atoms with van der Waals surface area (Å²) in [5, 5.41) is 4.44. The van der Waals surface area contributed by atoms with E-state index >= 15 is 0 Å². The molecule has 10 heteroatoms. The second kappa shape index (κ2) is 8.94. The summed E-state index contributed by atoms with van der Waals surface area (Å²) in [6.45, 7) is -0.277. The van der Waals surface area contributed by atoms with Crippen LogP contribution in [0, 0.1) is 0 Å². The predicted molar refractivity (Wildman–Crippen MR) is 90.4 cm³/mol. The molecule has 2 amide bonds. The minimum absolute atomic E-state index is 0.303. The van der Waals surface area contributed by atoms with Crippen LogP contribution in [0.15, 0.2) is 18.2 Å². The molecule has 1 aromatic carbocycles. The van der Waals surface area contributed by atoms with Gasteiger partial charge in [0.2, 0.25) is 11.8 Å². The van der Waals surface area contributed by atoms with Gasteiger partial charge in [-0.3, -0.25) is 14.5 Å². The van der Waals surface area contributed by atoms with Gasteiger partial charge in [0, 0.05) is 31.3 Å². The average molecular weight is 389 g/mol. The van der Waals surface area contributed by atoms with Crippen molar-refractivity contribution in [2.45, 2.75) is 25.2 Å². The molecule has 7 nitrogen and oxygen atoms in total. The number of nitrogens with zero attached hydrogens (tertiary/aromatic N) is 1. The van der Waals surface area contributed by atoms with E-state index in [2.05, 4.69) is 5.32 Å². The zero-order chi connectivity index (χ0) is 20.0. The molecule has 150 valence electrons. The second-order valence-electron chi connectivity index (χ2n) is 6.05. The highest BCUT2D eigenvalue weighted by Crippen LogP contribution is 2.27. The van der Waals surface area contributed by atoms with Crippen LogP contribution >= 0.6 is 0 Å². The first-order valence-corrected chi connectivity index (χ1v) is 8.29. The van der Waals surface area contributed by atoms with Crippen LogP contribution in [-0.2, 0) is 16.1 Å². The summed E-state index contributed by atoms with van der Waals surface area (Å²) < 4.78 is 47.2. The Morgan fingerprint density at radius 2 is 2.07 bits per heavy atom. The SMILES string of the molecule is COc1ccc(CN2CCNC(=O)C2CC(=O)NCC(F)(F)F)c(OC)c1. The summed E-state index contributed by atoms with van der Waals surface area (Å²) in [5.41, 5.74) is 0.772. The summed E-state index contributed by atoms with van der Waals surface area (Å²) in [7, 11) is 3.03. The summed E-state index contributed by atoms with van der Waals surface area (Å²) in [6, 6.07) is 4.36. The van der Waals surface area contributed by atoms with Gasteiger partial charge in [-0.15, -0.1) is 0 Å². The molecule has 1 atom stereocenters. The molecule has 1 aliphatic rings. The number of piperazine rings is 1. The first-order valence-electron chi connectivity index (χ1n) is 8.29. The molecule has 1 aromatic rings. The van der Waals surface area contributed by atoms with Crippen molar-refractivity contribution >= 4 is 11.8 Å². The van der Waals surface area contributed by atoms with Crippen LogP contribution in [0.4, 0.5) is 13.2 Å².